The highest BCUT2D eigenvalue weighted by atomic mass is 16.5. The standard InChI is InChI=1S/C28H38N2O3/c1-21(31)29-16-15-28(2)20-30(18-22-9-5-4-6-10-22)19-25(28)23-13-14-26(32-3)27(17-23)33-24-11-7-8-12-24/h4-6,9-10,13-14,17,24-25H,7-8,11-12,15-16,18-20H2,1-3H3,(H,29,31)/t25-,28+/m0/s1. The quantitative estimate of drug-likeness (QED) is 0.574. The molecule has 0 radical (unpaired) electrons. The van der Waals surface area contributed by atoms with E-state index in [1.165, 1.54) is 24.0 Å². The second-order valence-electron chi connectivity index (χ2n) is 10.0. The van der Waals surface area contributed by atoms with Crippen LogP contribution in [0.3, 0.4) is 0 Å². The summed E-state index contributed by atoms with van der Waals surface area (Å²) in [5.41, 5.74) is 2.68. The largest absolute Gasteiger partial charge is 0.493 e. The molecule has 178 valence electrons. The Morgan fingerprint density at radius 3 is 2.58 bits per heavy atom. The highest BCUT2D eigenvalue weighted by Gasteiger charge is 2.43. The SMILES string of the molecule is COc1ccc([C@@H]2CN(Cc3ccccc3)C[C@@]2(C)CCNC(C)=O)cc1OC1CCCC1. The first-order chi connectivity index (χ1) is 16.0. The third kappa shape index (κ3) is 5.89. The summed E-state index contributed by atoms with van der Waals surface area (Å²) in [5.74, 6) is 2.06. The fourth-order valence-electron chi connectivity index (χ4n) is 5.60. The van der Waals surface area contributed by atoms with Crippen molar-refractivity contribution in [3.63, 3.8) is 0 Å². The van der Waals surface area contributed by atoms with Crippen molar-refractivity contribution < 1.29 is 14.3 Å². The third-order valence-electron chi connectivity index (χ3n) is 7.37. The first-order valence-corrected chi connectivity index (χ1v) is 12.3. The predicted octanol–water partition coefficient (Wildman–Crippen LogP) is 5.15. The van der Waals surface area contributed by atoms with Crippen molar-refractivity contribution in [3.05, 3.63) is 59.7 Å². The molecule has 1 amide bonds. The highest BCUT2D eigenvalue weighted by molar-refractivity contribution is 5.72. The zero-order chi connectivity index (χ0) is 23.3. The summed E-state index contributed by atoms with van der Waals surface area (Å²) >= 11 is 0. The molecule has 0 unspecified atom stereocenters. The third-order valence-corrected chi connectivity index (χ3v) is 7.37. The summed E-state index contributed by atoms with van der Waals surface area (Å²) in [6.07, 6.45) is 5.95. The van der Waals surface area contributed by atoms with E-state index in [0.717, 1.165) is 50.4 Å². The van der Waals surface area contributed by atoms with Crippen LogP contribution in [0.1, 0.15) is 63.0 Å². The molecule has 1 aliphatic carbocycles. The van der Waals surface area contributed by atoms with Gasteiger partial charge in [0.1, 0.15) is 0 Å². The molecule has 4 rings (SSSR count). The fourth-order valence-corrected chi connectivity index (χ4v) is 5.60. The van der Waals surface area contributed by atoms with E-state index in [9.17, 15) is 4.79 Å². The number of carbonyl (C=O) groups is 1. The maximum Gasteiger partial charge on any atom is 0.216 e. The molecule has 2 atom stereocenters. The number of hydrogen-bond donors (Lipinski definition) is 1. The minimum atomic E-state index is 0.0333. The number of likely N-dealkylation sites (tertiary alicyclic amines) is 1. The van der Waals surface area contributed by atoms with E-state index in [1.807, 2.05) is 0 Å². The molecule has 2 fully saturated rings. The Kier molecular flexibility index (Phi) is 7.59. The number of benzene rings is 2. The van der Waals surface area contributed by atoms with Crippen molar-refractivity contribution in [1.82, 2.24) is 10.2 Å². The van der Waals surface area contributed by atoms with Crippen LogP contribution >= 0.6 is 0 Å². The molecule has 0 bridgehead atoms. The number of amides is 1. The van der Waals surface area contributed by atoms with E-state index in [1.54, 1.807) is 14.0 Å². The summed E-state index contributed by atoms with van der Waals surface area (Å²) in [4.78, 5) is 14.1. The first-order valence-electron chi connectivity index (χ1n) is 12.3. The number of methoxy groups -OCH3 is 1. The monoisotopic (exact) mass is 450 g/mol. The van der Waals surface area contributed by atoms with Gasteiger partial charge in [-0.05, 0) is 60.8 Å². The van der Waals surface area contributed by atoms with Crippen LogP contribution in [0, 0.1) is 5.41 Å². The topological polar surface area (TPSA) is 50.8 Å². The maximum atomic E-state index is 11.5. The Balaban J connectivity index is 1.57. The van der Waals surface area contributed by atoms with Gasteiger partial charge in [-0.25, -0.2) is 0 Å². The van der Waals surface area contributed by atoms with Gasteiger partial charge in [-0.1, -0.05) is 43.3 Å². The van der Waals surface area contributed by atoms with E-state index in [4.69, 9.17) is 9.47 Å². The average molecular weight is 451 g/mol. The van der Waals surface area contributed by atoms with Gasteiger partial charge in [-0.2, -0.15) is 0 Å². The van der Waals surface area contributed by atoms with Gasteiger partial charge in [0.25, 0.3) is 0 Å². The van der Waals surface area contributed by atoms with Crippen LogP contribution in [0.15, 0.2) is 48.5 Å². The van der Waals surface area contributed by atoms with Gasteiger partial charge < -0.3 is 14.8 Å². The summed E-state index contributed by atoms with van der Waals surface area (Å²) in [7, 11) is 1.71. The summed E-state index contributed by atoms with van der Waals surface area (Å²) in [6, 6.07) is 17.2. The number of rotatable bonds is 9. The number of nitrogens with zero attached hydrogens (tertiary/aromatic N) is 1. The van der Waals surface area contributed by atoms with Crippen LogP contribution in [0.25, 0.3) is 0 Å². The Labute approximate surface area is 198 Å². The number of carbonyl (C=O) groups excluding carboxylic acids is 1. The second kappa shape index (κ2) is 10.6. The van der Waals surface area contributed by atoms with Crippen molar-refractivity contribution in [1.29, 1.82) is 0 Å². The van der Waals surface area contributed by atoms with Gasteiger partial charge in [0, 0.05) is 39.0 Å². The van der Waals surface area contributed by atoms with Crippen LogP contribution in [-0.4, -0.2) is 43.7 Å². The van der Waals surface area contributed by atoms with Gasteiger partial charge in [-0.15, -0.1) is 0 Å². The van der Waals surface area contributed by atoms with Gasteiger partial charge >= 0.3 is 0 Å². The van der Waals surface area contributed by atoms with Gasteiger partial charge in [-0.3, -0.25) is 9.69 Å². The van der Waals surface area contributed by atoms with E-state index in [2.05, 4.69) is 65.7 Å². The normalized spacial score (nSPS) is 23.5. The van der Waals surface area contributed by atoms with E-state index in [0.29, 0.717) is 18.6 Å². The van der Waals surface area contributed by atoms with Crippen molar-refractivity contribution >= 4 is 5.91 Å². The molecule has 0 aromatic heterocycles. The molecule has 1 saturated heterocycles. The lowest BCUT2D eigenvalue weighted by Crippen LogP contribution is -2.32. The number of nitrogens with one attached hydrogen (secondary N) is 1. The van der Waals surface area contributed by atoms with Crippen LogP contribution in [-0.2, 0) is 11.3 Å². The molecule has 2 aromatic rings. The first kappa shape index (κ1) is 23.6. The minimum absolute atomic E-state index is 0.0333. The van der Waals surface area contributed by atoms with Crippen molar-refractivity contribution in [2.24, 2.45) is 5.41 Å². The Hall–Kier alpha value is -2.53. The second-order valence-corrected chi connectivity index (χ2v) is 10.0. The molecular weight excluding hydrogens is 412 g/mol. The highest BCUT2D eigenvalue weighted by Crippen LogP contribution is 2.47. The lowest BCUT2D eigenvalue weighted by molar-refractivity contribution is -0.119. The summed E-state index contributed by atoms with van der Waals surface area (Å²) < 4.78 is 12.0. The molecule has 5 nitrogen and oxygen atoms in total. The molecule has 1 N–H and O–H groups in total. The van der Waals surface area contributed by atoms with Crippen LogP contribution < -0.4 is 14.8 Å². The zero-order valence-electron chi connectivity index (χ0n) is 20.3. The zero-order valence-corrected chi connectivity index (χ0v) is 20.3. The van der Waals surface area contributed by atoms with E-state index in [-0.39, 0.29) is 11.3 Å². The van der Waals surface area contributed by atoms with Crippen molar-refractivity contribution in [2.75, 3.05) is 26.7 Å². The summed E-state index contributed by atoms with van der Waals surface area (Å²) in [6.45, 7) is 7.58. The molecular formula is C28H38N2O3. The smallest absolute Gasteiger partial charge is 0.216 e. The molecule has 1 aliphatic heterocycles. The molecule has 2 aromatic carbocycles. The number of hydrogen-bond acceptors (Lipinski definition) is 4. The summed E-state index contributed by atoms with van der Waals surface area (Å²) in [5, 5.41) is 3.01. The molecule has 5 heteroatoms. The van der Waals surface area contributed by atoms with E-state index < -0.39 is 0 Å². The Morgan fingerprint density at radius 2 is 1.88 bits per heavy atom. The van der Waals surface area contributed by atoms with Crippen molar-refractivity contribution in [2.45, 2.75) is 64.5 Å². The minimum Gasteiger partial charge on any atom is -0.493 e. The Bertz CT molecular complexity index is 926. The lowest BCUT2D eigenvalue weighted by Gasteiger charge is -2.32. The van der Waals surface area contributed by atoms with Gasteiger partial charge in [0.05, 0.1) is 13.2 Å². The number of ether oxygens (including phenoxy) is 2. The van der Waals surface area contributed by atoms with Crippen LogP contribution in [0.2, 0.25) is 0 Å². The van der Waals surface area contributed by atoms with Gasteiger partial charge in [0.2, 0.25) is 5.91 Å². The lowest BCUT2D eigenvalue weighted by atomic mass is 9.73. The molecule has 0 spiro atoms. The van der Waals surface area contributed by atoms with Crippen LogP contribution in [0.5, 0.6) is 11.5 Å². The van der Waals surface area contributed by atoms with Crippen molar-refractivity contribution in [3.8, 4) is 11.5 Å². The fraction of sp³-hybridized carbons (Fsp3) is 0.536. The molecule has 2 aliphatic rings. The van der Waals surface area contributed by atoms with Crippen LogP contribution in [0.4, 0.5) is 0 Å². The maximum absolute atomic E-state index is 11.5. The average Bonchev–Trinajstić information content (AvgIpc) is 3.42. The predicted molar refractivity (Wildman–Crippen MR) is 132 cm³/mol. The molecule has 1 saturated carbocycles. The van der Waals surface area contributed by atoms with Gasteiger partial charge in [0.15, 0.2) is 11.5 Å². The molecule has 33 heavy (non-hydrogen) atoms. The Morgan fingerprint density at radius 1 is 1.12 bits per heavy atom. The van der Waals surface area contributed by atoms with E-state index >= 15 is 0 Å². The molecule has 1 heterocycles.